The summed E-state index contributed by atoms with van der Waals surface area (Å²) in [6, 6.07) is 11.8. The van der Waals surface area contributed by atoms with E-state index in [-0.39, 0.29) is 18.1 Å². The predicted molar refractivity (Wildman–Crippen MR) is 76.8 cm³/mol. The number of hydrogen-bond acceptors (Lipinski definition) is 2. The first-order valence-corrected chi connectivity index (χ1v) is 6.32. The van der Waals surface area contributed by atoms with E-state index in [0.717, 1.165) is 0 Å². The van der Waals surface area contributed by atoms with Gasteiger partial charge in [-0.15, -0.1) is 0 Å². The van der Waals surface area contributed by atoms with Crippen molar-refractivity contribution in [3.63, 3.8) is 0 Å². The second-order valence-corrected chi connectivity index (χ2v) is 4.72. The Morgan fingerprint density at radius 3 is 2.37 bits per heavy atom. The minimum atomic E-state index is -0.384. The molecule has 2 N–H and O–H groups in total. The molecule has 0 radical (unpaired) electrons. The Hall–Kier alpha value is -1.55. The second-order valence-electron chi connectivity index (χ2n) is 3.91. The van der Waals surface area contributed by atoms with Crippen LogP contribution in [0.5, 0.6) is 0 Å². The monoisotopic (exact) mass is 295 g/mol. The molecule has 0 aliphatic rings. The van der Waals surface area contributed by atoms with Crippen molar-refractivity contribution in [2.75, 3.05) is 5.32 Å². The number of rotatable bonds is 3. The number of aliphatic hydroxyl groups excluding tert-OH is 1. The first-order valence-electron chi connectivity index (χ1n) is 5.57. The predicted octanol–water partition coefficient (Wildman–Crippen LogP) is 3.74. The SMILES string of the molecule is O=C(Nc1cccc(CO)c1)c1c(Cl)cccc1Cl. The highest BCUT2D eigenvalue weighted by atomic mass is 35.5. The molecule has 0 aromatic heterocycles. The topological polar surface area (TPSA) is 49.3 Å². The lowest BCUT2D eigenvalue weighted by atomic mass is 10.2. The summed E-state index contributed by atoms with van der Waals surface area (Å²) < 4.78 is 0. The summed E-state index contributed by atoms with van der Waals surface area (Å²) in [6.07, 6.45) is 0. The third kappa shape index (κ3) is 3.26. The highest BCUT2D eigenvalue weighted by Crippen LogP contribution is 2.25. The van der Waals surface area contributed by atoms with Gasteiger partial charge in [-0.05, 0) is 29.8 Å². The Bertz CT molecular complexity index is 594. The fraction of sp³-hybridized carbons (Fsp3) is 0.0714. The van der Waals surface area contributed by atoms with Crippen LogP contribution in [0.4, 0.5) is 5.69 Å². The minimum absolute atomic E-state index is 0.0867. The van der Waals surface area contributed by atoms with Crippen LogP contribution in [0, 0.1) is 0 Å². The van der Waals surface area contributed by atoms with E-state index >= 15 is 0 Å². The van der Waals surface area contributed by atoms with Crippen molar-refractivity contribution < 1.29 is 9.90 Å². The van der Waals surface area contributed by atoms with E-state index in [9.17, 15) is 4.79 Å². The lowest BCUT2D eigenvalue weighted by Gasteiger charge is -2.09. The van der Waals surface area contributed by atoms with E-state index in [0.29, 0.717) is 21.3 Å². The first kappa shape index (κ1) is 13.9. The van der Waals surface area contributed by atoms with Gasteiger partial charge in [0.15, 0.2) is 0 Å². The molecule has 3 nitrogen and oxygen atoms in total. The lowest BCUT2D eigenvalue weighted by molar-refractivity contribution is 0.102. The molecule has 2 rings (SSSR count). The van der Waals surface area contributed by atoms with E-state index in [1.807, 2.05) is 0 Å². The molecule has 19 heavy (non-hydrogen) atoms. The number of amides is 1. The molecule has 0 fully saturated rings. The number of anilines is 1. The third-order valence-electron chi connectivity index (χ3n) is 2.56. The smallest absolute Gasteiger partial charge is 0.258 e. The molecule has 1 amide bonds. The molecule has 0 saturated heterocycles. The van der Waals surface area contributed by atoms with Gasteiger partial charge in [0.2, 0.25) is 0 Å². The molecule has 5 heteroatoms. The van der Waals surface area contributed by atoms with Crippen LogP contribution in [0.3, 0.4) is 0 Å². The van der Waals surface area contributed by atoms with Crippen molar-refractivity contribution in [3.8, 4) is 0 Å². The van der Waals surface area contributed by atoms with Crippen molar-refractivity contribution in [3.05, 3.63) is 63.6 Å². The molecule has 2 aromatic rings. The number of halogens is 2. The molecule has 0 aliphatic heterocycles. The van der Waals surface area contributed by atoms with Gasteiger partial charge in [-0.1, -0.05) is 41.4 Å². The van der Waals surface area contributed by atoms with E-state index in [1.54, 1.807) is 42.5 Å². The van der Waals surface area contributed by atoms with Gasteiger partial charge in [-0.2, -0.15) is 0 Å². The number of carbonyl (C=O) groups is 1. The summed E-state index contributed by atoms with van der Waals surface area (Å²) >= 11 is 11.9. The van der Waals surface area contributed by atoms with Gasteiger partial charge in [0.05, 0.1) is 22.2 Å². The summed E-state index contributed by atoms with van der Waals surface area (Å²) in [4.78, 5) is 12.1. The molecular formula is C14H11Cl2NO2. The molecule has 0 heterocycles. The zero-order valence-electron chi connectivity index (χ0n) is 9.86. The summed E-state index contributed by atoms with van der Waals surface area (Å²) in [6.45, 7) is -0.0867. The zero-order valence-corrected chi connectivity index (χ0v) is 11.4. The largest absolute Gasteiger partial charge is 0.392 e. The van der Waals surface area contributed by atoms with Gasteiger partial charge in [0.1, 0.15) is 0 Å². The maximum Gasteiger partial charge on any atom is 0.258 e. The average molecular weight is 296 g/mol. The molecule has 0 atom stereocenters. The molecule has 0 unspecified atom stereocenters. The van der Waals surface area contributed by atoms with Gasteiger partial charge in [0.25, 0.3) is 5.91 Å². The van der Waals surface area contributed by atoms with Crippen LogP contribution in [0.15, 0.2) is 42.5 Å². The fourth-order valence-corrected chi connectivity index (χ4v) is 2.22. The molecule has 0 saturated carbocycles. The average Bonchev–Trinajstić information content (AvgIpc) is 2.38. The van der Waals surface area contributed by atoms with Crippen molar-refractivity contribution in [1.29, 1.82) is 0 Å². The van der Waals surface area contributed by atoms with Gasteiger partial charge in [0, 0.05) is 5.69 Å². The molecule has 0 spiro atoms. The van der Waals surface area contributed by atoms with Crippen LogP contribution < -0.4 is 5.32 Å². The number of aliphatic hydroxyl groups is 1. The van der Waals surface area contributed by atoms with Crippen LogP contribution >= 0.6 is 23.2 Å². The van der Waals surface area contributed by atoms with Crippen molar-refractivity contribution >= 4 is 34.8 Å². The highest BCUT2D eigenvalue weighted by Gasteiger charge is 2.14. The maximum absolute atomic E-state index is 12.1. The van der Waals surface area contributed by atoms with Crippen molar-refractivity contribution in [2.24, 2.45) is 0 Å². The minimum Gasteiger partial charge on any atom is -0.392 e. The maximum atomic E-state index is 12.1. The third-order valence-corrected chi connectivity index (χ3v) is 3.19. The summed E-state index contributed by atoms with van der Waals surface area (Å²) in [7, 11) is 0. The van der Waals surface area contributed by atoms with Crippen molar-refractivity contribution in [1.82, 2.24) is 0 Å². The Morgan fingerprint density at radius 2 is 1.74 bits per heavy atom. The molecular weight excluding hydrogens is 285 g/mol. The number of carbonyl (C=O) groups excluding carboxylic acids is 1. The standard InChI is InChI=1S/C14H11Cl2NO2/c15-11-5-2-6-12(16)13(11)14(19)17-10-4-1-3-9(7-10)8-18/h1-7,18H,8H2,(H,17,19). The normalized spacial score (nSPS) is 10.3. The summed E-state index contributed by atoms with van der Waals surface area (Å²) in [5.41, 5.74) is 1.52. The Labute approximate surface area is 120 Å². The molecule has 2 aromatic carbocycles. The van der Waals surface area contributed by atoms with Crippen LogP contribution in [-0.4, -0.2) is 11.0 Å². The van der Waals surface area contributed by atoms with Crippen LogP contribution in [0.25, 0.3) is 0 Å². The van der Waals surface area contributed by atoms with Gasteiger partial charge >= 0.3 is 0 Å². The van der Waals surface area contributed by atoms with E-state index < -0.39 is 0 Å². The highest BCUT2D eigenvalue weighted by molar-refractivity contribution is 6.40. The van der Waals surface area contributed by atoms with Gasteiger partial charge < -0.3 is 10.4 Å². The second kappa shape index (κ2) is 6.06. The number of nitrogens with one attached hydrogen (secondary N) is 1. The Balaban J connectivity index is 2.26. The van der Waals surface area contributed by atoms with Crippen LogP contribution in [-0.2, 0) is 6.61 Å². The molecule has 98 valence electrons. The Kier molecular flexibility index (Phi) is 4.43. The quantitative estimate of drug-likeness (QED) is 0.906. The van der Waals surface area contributed by atoms with Crippen LogP contribution in [0.2, 0.25) is 10.0 Å². The number of benzene rings is 2. The zero-order chi connectivity index (χ0) is 13.8. The van der Waals surface area contributed by atoms with Gasteiger partial charge in [-0.3, -0.25) is 4.79 Å². The van der Waals surface area contributed by atoms with E-state index in [4.69, 9.17) is 28.3 Å². The van der Waals surface area contributed by atoms with Gasteiger partial charge in [-0.25, -0.2) is 0 Å². The van der Waals surface area contributed by atoms with Crippen LogP contribution in [0.1, 0.15) is 15.9 Å². The Morgan fingerprint density at radius 1 is 1.11 bits per heavy atom. The number of hydrogen-bond donors (Lipinski definition) is 2. The summed E-state index contributed by atoms with van der Waals surface area (Å²) in [5, 5.41) is 12.3. The molecule has 0 bridgehead atoms. The summed E-state index contributed by atoms with van der Waals surface area (Å²) in [5.74, 6) is -0.384. The van der Waals surface area contributed by atoms with Crippen molar-refractivity contribution in [2.45, 2.75) is 6.61 Å². The molecule has 0 aliphatic carbocycles. The first-order chi connectivity index (χ1) is 9.11. The van der Waals surface area contributed by atoms with E-state index in [1.165, 1.54) is 0 Å². The van der Waals surface area contributed by atoms with E-state index in [2.05, 4.69) is 5.32 Å². The fourth-order valence-electron chi connectivity index (χ4n) is 1.66. The lowest BCUT2D eigenvalue weighted by Crippen LogP contribution is -2.13.